The van der Waals surface area contributed by atoms with Gasteiger partial charge in [-0.2, -0.15) is 0 Å². The molecule has 0 spiro atoms. The van der Waals surface area contributed by atoms with E-state index in [4.69, 9.17) is 18.9 Å². The van der Waals surface area contributed by atoms with Crippen molar-refractivity contribution in [1.82, 2.24) is 0 Å². The Balaban J connectivity index is 4.21. The zero-order valence-electron chi connectivity index (χ0n) is 55.6. The molecule has 0 saturated carbocycles. The molecule has 0 heterocycles. The standard InChI is InChI=1S/C78H123NO8/c1-6-8-10-12-14-16-18-20-22-24-26-28-30-31-32-33-34-35-36-37-38-39-40-41-42-43-44-45-47-49-51-53-55-57-59-61-63-65-67-69-76(81)87-74(73-86-78(77(82)83)84-71-70-79(3,4)5)72-85-75(80)68-66-64-62-60-58-56-54-52-50-48-46-29-27-25-23-21-19-17-15-13-11-9-7-2/h8-11,14-17,20-23,26-29,31-32,34-35,37-38,40-41,48,50,54,56,60,62,74,78H,6-7,12-13,18-19,24-25,30,33,36,39,42-47,49,51-53,55,57-59,61,63-73H2,1-5H3/b10-8-,11-9-,16-14-,17-15-,22-20-,23-21-,28-26-,29-27-,32-31-,35-34-,38-37-,41-40-,50-48-,56-54-,62-60-. The molecule has 0 amide bonds. The lowest BCUT2D eigenvalue weighted by molar-refractivity contribution is -0.870. The number of likely N-dealkylation sites (N-methyl/N-ethyl adjacent to an activating group) is 1. The highest BCUT2D eigenvalue weighted by molar-refractivity contribution is 5.70. The first kappa shape index (κ1) is 81.4. The van der Waals surface area contributed by atoms with E-state index in [1.54, 1.807) is 0 Å². The Labute approximate surface area is 532 Å². The van der Waals surface area contributed by atoms with Crippen molar-refractivity contribution in [3.63, 3.8) is 0 Å². The van der Waals surface area contributed by atoms with Crippen LogP contribution in [0.15, 0.2) is 182 Å². The van der Waals surface area contributed by atoms with Gasteiger partial charge >= 0.3 is 11.9 Å². The van der Waals surface area contributed by atoms with Crippen LogP contribution in [-0.2, 0) is 33.3 Å². The number of esters is 2. The van der Waals surface area contributed by atoms with Crippen molar-refractivity contribution in [2.75, 3.05) is 47.5 Å². The van der Waals surface area contributed by atoms with Crippen molar-refractivity contribution in [2.45, 2.75) is 245 Å². The molecule has 0 aliphatic carbocycles. The topological polar surface area (TPSA) is 111 Å². The van der Waals surface area contributed by atoms with Gasteiger partial charge in [0.15, 0.2) is 12.4 Å². The second kappa shape index (κ2) is 66.3. The third-order valence-corrected chi connectivity index (χ3v) is 13.6. The molecule has 0 bridgehead atoms. The third-order valence-electron chi connectivity index (χ3n) is 13.6. The average Bonchev–Trinajstić information content (AvgIpc) is 3.55. The smallest absolute Gasteiger partial charge is 0.306 e. The van der Waals surface area contributed by atoms with Gasteiger partial charge in [-0.1, -0.05) is 273 Å². The van der Waals surface area contributed by atoms with Crippen molar-refractivity contribution in [1.29, 1.82) is 0 Å². The Kier molecular flexibility index (Phi) is 62.1. The maximum absolute atomic E-state index is 12.9. The first-order chi connectivity index (χ1) is 42.6. The van der Waals surface area contributed by atoms with E-state index < -0.39 is 30.3 Å². The molecule has 0 fully saturated rings. The predicted octanol–water partition coefficient (Wildman–Crippen LogP) is 19.9. The van der Waals surface area contributed by atoms with E-state index >= 15 is 0 Å². The summed E-state index contributed by atoms with van der Waals surface area (Å²) in [5.74, 6) is -2.38. The van der Waals surface area contributed by atoms with Gasteiger partial charge in [-0.05, 0) is 128 Å². The van der Waals surface area contributed by atoms with E-state index in [0.717, 1.165) is 122 Å². The van der Waals surface area contributed by atoms with Crippen LogP contribution in [0, 0.1) is 0 Å². The normalized spacial score (nSPS) is 13.9. The summed E-state index contributed by atoms with van der Waals surface area (Å²) in [5.41, 5.74) is 0. The quantitative estimate of drug-likeness (QED) is 0.0195. The number of nitrogens with zero attached hydrogens (tertiary/aromatic N) is 1. The van der Waals surface area contributed by atoms with Crippen LogP contribution >= 0.6 is 0 Å². The zero-order valence-corrected chi connectivity index (χ0v) is 55.6. The number of aliphatic carboxylic acids is 1. The van der Waals surface area contributed by atoms with Crippen molar-refractivity contribution in [3.8, 4) is 0 Å². The molecule has 9 heteroatoms. The summed E-state index contributed by atoms with van der Waals surface area (Å²) in [4.78, 5) is 37.4. The van der Waals surface area contributed by atoms with Crippen LogP contribution in [0.25, 0.3) is 0 Å². The number of rotatable bonds is 60. The summed E-state index contributed by atoms with van der Waals surface area (Å²) in [6, 6.07) is 0. The van der Waals surface area contributed by atoms with Gasteiger partial charge in [0.2, 0.25) is 0 Å². The molecule has 2 unspecified atom stereocenters. The fraction of sp³-hybridized carbons (Fsp3) is 0.577. The summed E-state index contributed by atoms with van der Waals surface area (Å²) in [6.45, 7) is 4.43. The molecule has 87 heavy (non-hydrogen) atoms. The van der Waals surface area contributed by atoms with Crippen LogP contribution < -0.4 is 5.11 Å². The molecule has 0 aromatic heterocycles. The summed E-state index contributed by atoms with van der Waals surface area (Å²) in [6.07, 6.45) is 98.3. The number of ether oxygens (including phenoxy) is 4. The monoisotopic (exact) mass is 1200 g/mol. The Bertz CT molecular complexity index is 2080. The SMILES string of the molecule is CC/C=C\C/C=C\C/C=C\C/C=C\C/C=C\C/C=C\C/C=C\C/C=C\CCCCCCCCCCCCCCCCC(=O)OC(COC(=O)CCC/C=C\C/C=C\C/C=C\C/C=C\C/C=C\C/C=C\C/C=C\CC)COC(OCC[N+](C)(C)C)C(=O)[O-]. The van der Waals surface area contributed by atoms with Gasteiger partial charge in [-0.25, -0.2) is 0 Å². The number of carbonyl (C=O) groups is 3. The molecule has 0 aliphatic rings. The lowest BCUT2D eigenvalue weighted by atomic mass is 10.0. The molecule has 0 aromatic rings. The first-order valence-electron chi connectivity index (χ1n) is 33.9. The second-order valence-electron chi connectivity index (χ2n) is 23.0. The summed E-state index contributed by atoms with van der Waals surface area (Å²) in [7, 11) is 5.90. The molecular weight excluding hydrogens is 1080 g/mol. The van der Waals surface area contributed by atoms with Crippen LogP contribution in [0.2, 0.25) is 0 Å². The van der Waals surface area contributed by atoms with Crippen molar-refractivity contribution in [3.05, 3.63) is 182 Å². The molecule has 9 nitrogen and oxygen atoms in total. The lowest BCUT2D eigenvalue weighted by Gasteiger charge is -2.26. The van der Waals surface area contributed by atoms with Crippen molar-refractivity contribution in [2.24, 2.45) is 0 Å². The molecule has 0 radical (unpaired) electrons. The summed E-state index contributed by atoms with van der Waals surface area (Å²) < 4.78 is 22.7. The fourth-order valence-corrected chi connectivity index (χ4v) is 8.54. The minimum atomic E-state index is -1.65. The Hall–Kier alpha value is -5.61. The maximum Gasteiger partial charge on any atom is 0.306 e. The molecule has 0 N–H and O–H groups in total. The number of hydrogen-bond acceptors (Lipinski definition) is 8. The highest BCUT2D eigenvalue weighted by Crippen LogP contribution is 2.15. The Morgan fingerprint density at radius 2 is 0.632 bits per heavy atom. The average molecular weight is 1200 g/mol. The molecule has 488 valence electrons. The third kappa shape index (κ3) is 67.8. The van der Waals surface area contributed by atoms with Gasteiger partial charge in [0.1, 0.15) is 13.2 Å². The van der Waals surface area contributed by atoms with E-state index in [9.17, 15) is 19.5 Å². The summed E-state index contributed by atoms with van der Waals surface area (Å²) >= 11 is 0. The number of unbranched alkanes of at least 4 members (excludes halogenated alkanes) is 15. The van der Waals surface area contributed by atoms with E-state index in [-0.39, 0.29) is 32.7 Å². The zero-order chi connectivity index (χ0) is 63.3. The second-order valence-corrected chi connectivity index (χ2v) is 23.0. The van der Waals surface area contributed by atoms with E-state index in [2.05, 4.69) is 196 Å². The Morgan fingerprint density at radius 1 is 0.345 bits per heavy atom. The number of allylic oxidation sites excluding steroid dienone is 30. The predicted molar refractivity (Wildman–Crippen MR) is 370 cm³/mol. The maximum atomic E-state index is 12.9. The fourth-order valence-electron chi connectivity index (χ4n) is 8.54. The van der Waals surface area contributed by atoms with Gasteiger partial charge < -0.3 is 33.3 Å². The molecular formula is C78H123NO8. The van der Waals surface area contributed by atoms with E-state index in [0.29, 0.717) is 23.9 Å². The first-order valence-corrected chi connectivity index (χ1v) is 33.9. The number of carboxylic acid groups (broad SMARTS) is 1. The molecule has 0 rings (SSSR count). The van der Waals surface area contributed by atoms with Crippen LogP contribution in [0.3, 0.4) is 0 Å². The summed E-state index contributed by atoms with van der Waals surface area (Å²) in [5, 5.41) is 11.8. The van der Waals surface area contributed by atoms with Gasteiger partial charge in [0, 0.05) is 12.8 Å². The number of quaternary nitrogens is 1. The molecule has 0 aromatic carbocycles. The number of carbonyl (C=O) groups excluding carboxylic acids is 3. The largest absolute Gasteiger partial charge is 0.545 e. The molecule has 0 saturated heterocycles. The van der Waals surface area contributed by atoms with Gasteiger partial charge in [-0.3, -0.25) is 9.59 Å². The van der Waals surface area contributed by atoms with Crippen LogP contribution in [0.5, 0.6) is 0 Å². The van der Waals surface area contributed by atoms with Crippen LogP contribution in [0.1, 0.15) is 232 Å². The lowest BCUT2D eigenvalue weighted by Crippen LogP contribution is -2.44. The number of carboxylic acids is 1. The van der Waals surface area contributed by atoms with Crippen molar-refractivity contribution >= 4 is 17.9 Å². The van der Waals surface area contributed by atoms with Gasteiger partial charge in [0.25, 0.3) is 0 Å². The van der Waals surface area contributed by atoms with Gasteiger partial charge in [-0.15, -0.1) is 0 Å². The van der Waals surface area contributed by atoms with E-state index in [1.165, 1.54) is 70.6 Å². The molecule has 0 aliphatic heterocycles. The number of hydrogen-bond donors (Lipinski definition) is 0. The Morgan fingerprint density at radius 3 is 0.954 bits per heavy atom. The van der Waals surface area contributed by atoms with Crippen LogP contribution in [-0.4, -0.2) is 82.3 Å². The van der Waals surface area contributed by atoms with Crippen LogP contribution in [0.4, 0.5) is 0 Å². The van der Waals surface area contributed by atoms with Crippen molar-refractivity contribution < 1.29 is 42.9 Å². The minimum Gasteiger partial charge on any atom is -0.545 e. The minimum absolute atomic E-state index is 0.129. The van der Waals surface area contributed by atoms with E-state index in [1.807, 2.05) is 21.1 Å². The highest BCUT2D eigenvalue weighted by Gasteiger charge is 2.22. The molecule has 2 atom stereocenters. The van der Waals surface area contributed by atoms with Gasteiger partial charge in [0.05, 0.1) is 40.3 Å². The highest BCUT2D eigenvalue weighted by atomic mass is 16.7.